The van der Waals surface area contributed by atoms with Crippen molar-refractivity contribution in [3.63, 3.8) is 0 Å². The van der Waals surface area contributed by atoms with Crippen LogP contribution in [-0.4, -0.2) is 18.9 Å². The normalized spacial score (nSPS) is 26.7. The number of carbonyl (C=O) groups is 1. The third-order valence-corrected chi connectivity index (χ3v) is 3.77. The lowest BCUT2D eigenvalue weighted by Crippen LogP contribution is -2.29. The van der Waals surface area contributed by atoms with Crippen molar-refractivity contribution in [3.05, 3.63) is 21.9 Å². The van der Waals surface area contributed by atoms with Crippen LogP contribution in [0.25, 0.3) is 0 Å². The van der Waals surface area contributed by atoms with Crippen molar-refractivity contribution in [1.82, 2.24) is 5.32 Å². The van der Waals surface area contributed by atoms with Crippen molar-refractivity contribution in [2.45, 2.75) is 20.3 Å². The lowest BCUT2D eigenvalue weighted by atomic mass is 9.82. The van der Waals surface area contributed by atoms with Gasteiger partial charge in [0.25, 0.3) is 0 Å². The maximum atomic E-state index is 12.1. The fourth-order valence-electron chi connectivity index (χ4n) is 1.92. The number of nitrogens with one attached hydrogen (secondary N) is 1. The molecule has 3 heteroatoms. The van der Waals surface area contributed by atoms with Gasteiger partial charge in [-0.2, -0.15) is 0 Å². The number of aryl methyl sites for hydroxylation is 1. The van der Waals surface area contributed by atoms with E-state index in [0.29, 0.717) is 5.78 Å². The Morgan fingerprint density at radius 2 is 2.43 bits per heavy atom. The predicted octanol–water partition coefficient (Wildman–Crippen LogP) is 2.24. The molecule has 1 aromatic rings. The Morgan fingerprint density at radius 1 is 1.64 bits per heavy atom. The predicted molar refractivity (Wildman–Crippen MR) is 59.0 cm³/mol. The average molecular weight is 209 g/mol. The Morgan fingerprint density at radius 3 is 2.93 bits per heavy atom. The molecule has 0 aliphatic carbocycles. The van der Waals surface area contributed by atoms with Crippen molar-refractivity contribution in [3.8, 4) is 0 Å². The van der Waals surface area contributed by atoms with Crippen LogP contribution in [-0.2, 0) is 0 Å². The molecule has 2 nitrogen and oxygen atoms in total. The van der Waals surface area contributed by atoms with Crippen LogP contribution < -0.4 is 5.32 Å². The second-order valence-corrected chi connectivity index (χ2v) is 5.38. The third-order valence-electron chi connectivity index (χ3n) is 2.91. The van der Waals surface area contributed by atoms with Gasteiger partial charge in [0.2, 0.25) is 0 Å². The van der Waals surface area contributed by atoms with Crippen molar-refractivity contribution < 1.29 is 4.79 Å². The first kappa shape index (κ1) is 9.87. The molecule has 0 aromatic carbocycles. The minimum atomic E-state index is -0.173. The van der Waals surface area contributed by atoms with E-state index < -0.39 is 0 Å². The van der Waals surface area contributed by atoms with Gasteiger partial charge in [-0.1, -0.05) is 6.92 Å². The molecule has 0 spiro atoms. The number of carbonyl (C=O) groups excluding carboxylic acids is 1. The number of hydrogen-bond donors (Lipinski definition) is 1. The third kappa shape index (κ3) is 1.62. The topological polar surface area (TPSA) is 29.1 Å². The zero-order chi connectivity index (χ0) is 10.2. The van der Waals surface area contributed by atoms with Gasteiger partial charge in [0.1, 0.15) is 0 Å². The molecule has 1 aliphatic rings. The molecule has 0 amide bonds. The van der Waals surface area contributed by atoms with Crippen LogP contribution in [0.3, 0.4) is 0 Å². The Hall–Kier alpha value is -0.670. The quantitative estimate of drug-likeness (QED) is 0.757. The molecular formula is C11H15NOS. The second-order valence-electron chi connectivity index (χ2n) is 4.26. The largest absolute Gasteiger partial charge is 0.316 e. The van der Waals surface area contributed by atoms with Gasteiger partial charge < -0.3 is 5.32 Å². The monoisotopic (exact) mass is 209 g/mol. The summed E-state index contributed by atoms with van der Waals surface area (Å²) in [6.07, 6.45) is 0.959. The molecule has 0 bridgehead atoms. The molecule has 0 radical (unpaired) electrons. The first-order valence-corrected chi connectivity index (χ1v) is 5.80. The van der Waals surface area contributed by atoms with Gasteiger partial charge in [0.05, 0.1) is 0 Å². The van der Waals surface area contributed by atoms with Crippen LogP contribution in [0.4, 0.5) is 0 Å². The summed E-state index contributed by atoms with van der Waals surface area (Å²) >= 11 is 1.65. The Balaban J connectivity index is 2.23. The number of hydrogen-bond acceptors (Lipinski definition) is 3. The Kier molecular flexibility index (Phi) is 2.45. The van der Waals surface area contributed by atoms with E-state index in [2.05, 4.69) is 12.2 Å². The van der Waals surface area contributed by atoms with Crippen molar-refractivity contribution >= 4 is 17.1 Å². The highest BCUT2D eigenvalue weighted by Gasteiger charge is 2.36. The van der Waals surface area contributed by atoms with E-state index in [1.165, 1.54) is 4.88 Å². The highest BCUT2D eigenvalue weighted by molar-refractivity contribution is 7.10. The van der Waals surface area contributed by atoms with Gasteiger partial charge in [-0.05, 0) is 26.0 Å². The number of Topliss-reactive ketones (excluding diaryl/α,β-unsaturated/α-hetero) is 1. The highest BCUT2D eigenvalue weighted by Crippen LogP contribution is 2.30. The molecule has 1 aromatic heterocycles. The summed E-state index contributed by atoms with van der Waals surface area (Å²) in [7, 11) is 0. The van der Waals surface area contributed by atoms with Crippen LogP contribution in [0.2, 0.25) is 0 Å². The second kappa shape index (κ2) is 3.48. The van der Waals surface area contributed by atoms with Crippen LogP contribution >= 0.6 is 11.3 Å². The molecule has 2 heterocycles. The lowest BCUT2D eigenvalue weighted by molar-refractivity contribution is 0.0840. The number of ketones is 1. The fourth-order valence-corrected chi connectivity index (χ4v) is 2.60. The first-order chi connectivity index (χ1) is 6.62. The zero-order valence-corrected chi connectivity index (χ0v) is 9.41. The van der Waals surface area contributed by atoms with E-state index >= 15 is 0 Å². The Labute approximate surface area is 88.3 Å². The molecule has 76 valence electrons. The molecule has 14 heavy (non-hydrogen) atoms. The molecular weight excluding hydrogens is 194 g/mol. The van der Waals surface area contributed by atoms with Crippen LogP contribution in [0.1, 0.15) is 28.6 Å². The summed E-state index contributed by atoms with van der Waals surface area (Å²) in [6, 6.07) is 2.00. The average Bonchev–Trinajstić information content (AvgIpc) is 2.74. The van der Waals surface area contributed by atoms with E-state index in [9.17, 15) is 4.79 Å². The Bertz CT molecular complexity index is 350. The molecule has 2 rings (SSSR count). The summed E-state index contributed by atoms with van der Waals surface area (Å²) in [5.74, 6) is 0.298. The van der Waals surface area contributed by atoms with E-state index in [0.717, 1.165) is 25.1 Å². The van der Waals surface area contributed by atoms with Gasteiger partial charge in [0, 0.05) is 27.8 Å². The van der Waals surface area contributed by atoms with Gasteiger partial charge in [-0.3, -0.25) is 4.79 Å². The molecule has 1 unspecified atom stereocenters. The summed E-state index contributed by atoms with van der Waals surface area (Å²) in [4.78, 5) is 13.4. The lowest BCUT2D eigenvalue weighted by Gasteiger charge is -2.19. The van der Waals surface area contributed by atoms with Gasteiger partial charge in [-0.15, -0.1) is 11.3 Å². The van der Waals surface area contributed by atoms with E-state index in [1.807, 2.05) is 18.4 Å². The van der Waals surface area contributed by atoms with E-state index in [-0.39, 0.29) is 5.41 Å². The SMILES string of the molecule is Cc1cc(C(=O)C2(C)CCNC2)cs1. The van der Waals surface area contributed by atoms with Crippen molar-refractivity contribution in [2.24, 2.45) is 5.41 Å². The highest BCUT2D eigenvalue weighted by atomic mass is 32.1. The van der Waals surface area contributed by atoms with Crippen LogP contribution in [0, 0.1) is 12.3 Å². The summed E-state index contributed by atoms with van der Waals surface area (Å²) in [5, 5.41) is 5.23. The van der Waals surface area contributed by atoms with E-state index in [4.69, 9.17) is 0 Å². The molecule has 1 fully saturated rings. The summed E-state index contributed by atoms with van der Waals surface area (Å²) in [5.41, 5.74) is 0.715. The first-order valence-electron chi connectivity index (χ1n) is 4.92. The maximum Gasteiger partial charge on any atom is 0.170 e. The number of thiophene rings is 1. The zero-order valence-electron chi connectivity index (χ0n) is 8.59. The van der Waals surface area contributed by atoms with Crippen molar-refractivity contribution in [1.29, 1.82) is 0 Å². The molecule has 1 N–H and O–H groups in total. The molecule has 1 aliphatic heterocycles. The van der Waals surface area contributed by atoms with Crippen molar-refractivity contribution in [2.75, 3.05) is 13.1 Å². The van der Waals surface area contributed by atoms with Gasteiger partial charge in [-0.25, -0.2) is 0 Å². The minimum absolute atomic E-state index is 0.173. The van der Waals surface area contributed by atoms with Gasteiger partial charge >= 0.3 is 0 Å². The summed E-state index contributed by atoms with van der Waals surface area (Å²) in [6.45, 7) is 5.88. The standard InChI is InChI=1S/C11H15NOS/c1-8-5-9(6-14-8)10(13)11(2)3-4-12-7-11/h5-6,12H,3-4,7H2,1-2H3. The maximum absolute atomic E-state index is 12.1. The molecule has 0 saturated carbocycles. The van der Waals surface area contributed by atoms with Gasteiger partial charge in [0.15, 0.2) is 5.78 Å². The van der Waals surface area contributed by atoms with Crippen LogP contribution in [0.15, 0.2) is 11.4 Å². The molecule has 1 atom stereocenters. The van der Waals surface area contributed by atoms with Crippen LogP contribution in [0.5, 0.6) is 0 Å². The number of rotatable bonds is 2. The minimum Gasteiger partial charge on any atom is -0.316 e. The fraction of sp³-hybridized carbons (Fsp3) is 0.545. The summed E-state index contributed by atoms with van der Waals surface area (Å²) < 4.78 is 0. The molecule has 1 saturated heterocycles. The van der Waals surface area contributed by atoms with E-state index in [1.54, 1.807) is 11.3 Å². The smallest absolute Gasteiger partial charge is 0.170 e.